The summed E-state index contributed by atoms with van der Waals surface area (Å²) >= 11 is 3.72. The van der Waals surface area contributed by atoms with Gasteiger partial charge in [-0.15, -0.1) is 35.3 Å². The molecule has 0 radical (unpaired) electrons. The average molecular weight is 2050 g/mol. The van der Waals surface area contributed by atoms with Crippen LogP contribution in [0, 0.1) is 0 Å². The Bertz CT molecular complexity index is 6820. The number of hydrogen-bond acceptors (Lipinski definition) is 30. The largest absolute Gasteiger partial charge is 0.480 e. The Labute approximate surface area is 821 Å². The molecule has 0 saturated carbocycles. The zero-order valence-electron chi connectivity index (χ0n) is 77.3. The van der Waals surface area contributed by atoms with Gasteiger partial charge in [0.15, 0.2) is 16.9 Å². The van der Waals surface area contributed by atoms with Crippen molar-refractivity contribution in [1.82, 2.24) is 86.2 Å². The molecule has 141 heavy (non-hydrogen) atoms. The number of thioether (sulfide) groups is 3. The van der Waals surface area contributed by atoms with Crippen molar-refractivity contribution in [2.45, 2.75) is 152 Å². The van der Waals surface area contributed by atoms with Crippen LogP contribution in [0.2, 0.25) is 0 Å². The van der Waals surface area contributed by atoms with Gasteiger partial charge in [0.1, 0.15) is 57.0 Å². The van der Waals surface area contributed by atoms with Gasteiger partial charge in [0.25, 0.3) is 0 Å². The molecule has 3 aromatic carbocycles. The maximum absolute atomic E-state index is 14.4. The van der Waals surface area contributed by atoms with Crippen LogP contribution in [0.25, 0.3) is 50.6 Å². The molecule has 3 aliphatic rings. The molecule has 0 unspecified atom stereocenters. The highest BCUT2D eigenvalue weighted by atomic mass is 32.2. The van der Waals surface area contributed by atoms with Crippen LogP contribution < -0.4 is 33.0 Å². The van der Waals surface area contributed by atoms with Gasteiger partial charge in [0, 0.05) is 89.3 Å². The third-order valence-corrected chi connectivity index (χ3v) is 34.1. The summed E-state index contributed by atoms with van der Waals surface area (Å²) in [6.07, 6.45) is 11.2. The highest BCUT2D eigenvalue weighted by Crippen LogP contribution is 2.45. The number of rotatable bonds is 47. The van der Waals surface area contributed by atoms with E-state index in [-0.39, 0.29) is 144 Å². The zero-order chi connectivity index (χ0) is 100. The Morgan fingerprint density at radius 1 is 0.376 bits per heavy atom. The number of hydrogen-bond donors (Lipinski definition) is 6. The van der Waals surface area contributed by atoms with E-state index in [0.717, 1.165) is 12.9 Å². The van der Waals surface area contributed by atoms with Crippen LogP contribution >= 0.6 is 35.3 Å². The van der Waals surface area contributed by atoms with Gasteiger partial charge in [0.2, 0.25) is 47.8 Å². The molecule has 9 aromatic heterocycles. The zero-order valence-corrected chi connectivity index (χ0v) is 82.2. The number of aliphatic carboxylic acids is 3. The fourth-order valence-electron chi connectivity index (χ4n) is 16.9. The van der Waals surface area contributed by atoms with Gasteiger partial charge in [-0.2, -0.15) is 12.9 Å². The number of sulfonamides is 3. The van der Waals surface area contributed by atoms with E-state index in [1.54, 1.807) is 163 Å². The van der Waals surface area contributed by atoms with Gasteiger partial charge >= 0.3 is 35.0 Å². The Morgan fingerprint density at radius 3 is 0.915 bits per heavy atom. The van der Waals surface area contributed by atoms with Crippen molar-refractivity contribution < 1.29 is 97.8 Å². The van der Waals surface area contributed by atoms with Crippen molar-refractivity contribution >= 4 is 134 Å². The number of ether oxygens (including phenoxy) is 6. The van der Waals surface area contributed by atoms with Gasteiger partial charge in [-0.25, -0.2) is 82.7 Å². The van der Waals surface area contributed by atoms with E-state index in [4.69, 9.17) is 28.4 Å². The molecule has 12 heterocycles. The van der Waals surface area contributed by atoms with Crippen LogP contribution in [-0.2, 0) is 126 Å². The summed E-state index contributed by atoms with van der Waals surface area (Å²) in [7, 11) is -12.6. The maximum Gasteiger partial charge on any atom is 0.335 e. The number of carbonyl (C=O) groups excluding carboxylic acids is 3. The van der Waals surface area contributed by atoms with E-state index in [2.05, 4.69) is 45.9 Å². The SMILES string of the molecule is CC1(C)SCN(S(=O)(=O)c2cccnc2)[C@@H]1C(=O)N[C@@H](Cc1ccc(-n2c(=O)n(CCOCCOCC(COCCOCCn3c(=O)n(-c4ccc(C[C@H](NC(=O)[C@H]5N(S(=O)(=O)c6cccnc6)CSC5(C)C)C(=O)O)cc4)c4ncccc43)OCCOCCn3c(=O)n(-c4ccc(C[C@H](NC(=O)[C@H]5N(S(=O)(=O)c6cccnc6)CSC5(C)C)C(=O)O)cc4)c4ncccc43)c3cccnc32)cc1)C(=O)O. The Hall–Kier alpha value is -12.3. The minimum Gasteiger partial charge on any atom is -0.480 e. The van der Waals surface area contributed by atoms with Crippen molar-refractivity contribution in [3.63, 3.8) is 0 Å². The molecule has 3 saturated heterocycles. The molecule has 42 nitrogen and oxygen atoms in total. The fraction of sp³-hybridized carbons (Fsp3) is 0.387. The molecule has 12 aromatic rings. The van der Waals surface area contributed by atoms with E-state index >= 15 is 0 Å². The molecule has 746 valence electrons. The summed E-state index contributed by atoms with van der Waals surface area (Å²) in [6.45, 7) is 11.2. The van der Waals surface area contributed by atoms with Crippen molar-refractivity contribution in [2.24, 2.45) is 0 Å². The van der Waals surface area contributed by atoms with Gasteiger partial charge in [-0.1, -0.05) is 36.4 Å². The molecule has 15 rings (SSSR count). The van der Waals surface area contributed by atoms with Crippen LogP contribution in [0.15, 0.2) is 230 Å². The maximum atomic E-state index is 14.4. The summed E-state index contributed by atoms with van der Waals surface area (Å²) < 4.78 is 128. The lowest BCUT2D eigenvalue weighted by Gasteiger charge is -2.30. The van der Waals surface area contributed by atoms with Gasteiger partial charge < -0.3 is 59.7 Å². The topological polar surface area (TPSA) is 525 Å². The number of aromatic nitrogens is 12. The Morgan fingerprint density at radius 2 is 0.645 bits per heavy atom. The third-order valence-electron chi connectivity index (χ3n) is 24.1. The van der Waals surface area contributed by atoms with E-state index in [1.807, 2.05) is 0 Å². The number of imidazole rings is 3. The Kier molecular flexibility index (Phi) is 32.5. The quantitative estimate of drug-likeness (QED) is 0.0267. The Balaban J connectivity index is 0.559. The summed E-state index contributed by atoms with van der Waals surface area (Å²) in [5, 5.41) is 38.9. The molecular formula is C93H104N18O24S6. The first-order valence-corrected chi connectivity index (χ1v) is 52.0. The number of carboxylic acid groups (broad SMARTS) is 3. The van der Waals surface area contributed by atoms with Crippen molar-refractivity contribution in [1.29, 1.82) is 0 Å². The lowest BCUT2D eigenvalue weighted by Crippen LogP contribution is -2.56. The molecule has 0 aliphatic carbocycles. The predicted octanol–water partition coefficient (Wildman–Crippen LogP) is 5.20. The normalized spacial score (nSPS) is 17.4. The van der Waals surface area contributed by atoms with E-state index < -0.39 is 139 Å². The number of carboxylic acids is 3. The molecule has 3 fully saturated rings. The third kappa shape index (κ3) is 23.1. The smallest absolute Gasteiger partial charge is 0.335 e. The summed E-state index contributed by atoms with van der Waals surface area (Å²) in [6, 6.07) is 30.1. The van der Waals surface area contributed by atoms with Gasteiger partial charge in [0.05, 0.1) is 144 Å². The molecule has 6 N–H and O–H groups in total. The van der Waals surface area contributed by atoms with Crippen LogP contribution in [0.3, 0.4) is 0 Å². The first-order chi connectivity index (χ1) is 67.5. The number of benzene rings is 3. The molecule has 48 heteroatoms. The second-order valence-electron chi connectivity index (χ2n) is 34.7. The number of carbonyl (C=O) groups is 6. The van der Waals surface area contributed by atoms with E-state index in [0.29, 0.717) is 67.2 Å². The number of amides is 3. The molecule has 3 aliphatic heterocycles. The van der Waals surface area contributed by atoms with E-state index in [9.17, 15) is 83.7 Å². The monoisotopic (exact) mass is 2050 g/mol. The number of fused-ring (bicyclic) bond motifs is 3. The van der Waals surface area contributed by atoms with Crippen molar-refractivity contribution in [3.8, 4) is 17.1 Å². The highest BCUT2D eigenvalue weighted by Gasteiger charge is 2.55. The predicted molar refractivity (Wildman–Crippen MR) is 520 cm³/mol. The lowest BCUT2D eigenvalue weighted by atomic mass is 10.0. The average Bonchev–Trinajstić information content (AvgIpc) is 1.71. The number of nitrogens with one attached hydrogen (secondary N) is 3. The summed E-state index contributed by atoms with van der Waals surface area (Å²) in [4.78, 5) is 149. The van der Waals surface area contributed by atoms with Crippen molar-refractivity contribution in [2.75, 3.05) is 90.3 Å². The van der Waals surface area contributed by atoms with Crippen molar-refractivity contribution in [3.05, 3.63) is 250 Å². The van der Waals surface area contributed by atoms with Crippen LogP contribution in [-0.4, -0.2) is 293 Å². The van der Waals surface area contributed by atoms with Gasteiger partial charge in [-0.3, -0.25) is 43.0 Å². The van der Waals surface area contributed by atoms with E-state index in [1.165, 1.54) is 142 Å². The second kappa shape index (κ2) is 44.5. The first kappa shape index (κ1) is 103. The standard InChI is InChI=1S/C93H104N18O24S6/c1-91(2)76(106(57-136-91)139(124,125)67-13-7-31-94-52-67)82(112)100-70(85(115)116)49-60-19-25-63(26-20-60)109-79-73(16-10-34-97-79)103(88(109)121)37-40-130-43-45-133-55-66(135-48-47-132-42-39-105-75-18-12-36-99-81(75)111(90(105)123)65-29-23-62(24-30-65)51-72(87(119)120)102-84(114)78-93(5,6)138-59-108(78)141(128,129)69-15-9-33-96-54-69)56-134-46-44-131-41-38-104-74-17-11-35-98-80(74)110(89(104)122)64-27-21-61(22-28-64)50-71(86(117)118)101-83(113)77-92(3,4)137-58-107(77)140(126,127)68-14-8-32-95-53-68/h7-36,52-54,66,70-72,76-78H,37-51,55-59H2,1-6H3,(H,100,112)(H,101,113)(H,102,114)(H,115,116)(H,117,118)(H,119,120)/t70-,71-,72-,76+,77+,78+/m0/s1. The number of pyridine rings is 6. The minimum atomic E-state index is -4.21. The molecule has 6 atom stereocenters. The first-order valence-electron chi connectivity index (χ1n) is 44.7. The second-order valence-corrected chi connectivity index (χ2v) is 45.2. The minimum absolute atomic E-state index is 0.00909. The lowest BCUT2D eigenvalue weighted by molar-refractivity contribution is -0.142. The molecular weight excluding hydrogens is 1950 g/mol. The molecule has 3 amide bonds. The number of nitrogens with zero attached hydrogens (tertiary/aromatic N) is 15. The molecule has 0 bridgehead atoms. The van der Waals surface area contributed by atoms with Gasteiger partial charge in [-0.05, 0) is 167 Å². The fourth-order valence-corrected chi connectivity index (χ4v) is 26.3. The van der Waals surface area contributed by atoms with Crippen LogP contribution in [0.5, 0.6) is 0 Å². The van der Waals surface area contributed by atoms with Crippen LogP contribution in [0.1, 0.15) is 58.2 Å². The highest BCUT2D eigenvalue weighted by molar-refractivity contribution is 8.02. The summed E-state index contributed by atoms with van der Waals surface area (Å²) in [5.41, 5.74) is 3.80. The molecule has 0 spiro atoms. The van der Waals surface area contributed by atoms with Crippen LogP contribution in [0.4, 0.5) is 0 Å². The summed E-state index contributed by atoms with van der Waals surface area (Å²) in [5.74, 6) is -6.57.